The van der Waals surface area contributed by atoms with Gasteiger partial charge < -0.3 is 33.5 Å². The Morgan fingerprint density at radius 1 is 1.02 bits per heavy atom. The van der Waals surface area contributed by atoms with E-state index < -0.39 is 23.8 Å². The van der Waals surface area contributed by atoms with Crippen molar-refractivity contribution in [1.29, 1.82) is 0 Å². The lowest BCUT2D eigenvalue weighted by Crippen LogP contribution is -2.47. The van der Waals surface area contributed by atoms with Crippen molar-refractivity contribution in [2.45, 2.75) is 108 Å². The number of rotatable bonds is 16. The van der Waals surface area contributed by atoms with Gasteiger partial charge in [0.2, 0.25) is 0 Å². The summed E-state index contributed by atoms with van der Waals surface area (Å²) in [7, 11) is 0. The molecule has 1 aromatic carbocycles. The fourth-order valence-electron chi connectivity index (χ4n) is 5.52. The minimum absolute atomic E-state index is 0.102. The number of ether oxygens (including phenoxy) is 6. The van der Waals surface area contributed by atoms with Gasteiger partial charge in [0, 0.05) is 26.1 Å². The molecule has 41 heavy (non-hydrogen) atoms. The molecule has 4 rings (SSSR count). The number of carboxylic acid groups (broad SMARTS) is 1. The van der Waals surface area contributed by atoms with Crippen LogP contribution in [0, 0.1) is 5.92 Å². The van der Waals surface area contributed by atoms with Crippen LogP contribution in [0.25, 0.3) is 0 Å². The van der Waals surface area contributed by atoms with Crippen molar-refractivity contribution in [2.75, 3.05) is 26.4 Å². The number of benzene rings is 1. The van der Waals surface area contributed by atoms with Gasteiger partial charge in [-0.2, -0.15) is 0 Å². The largest absolute Gasteiger partial charge is 0.491 e. The fraction of sp³-hybridized carbons (Fsp3) is 0.688. The van der Waals surface area contributed by atoms with E-state index in [0.717, 1.165) is 44.3 Å². The Morgan fingerprint density at radius 2 is 1.76 bits per heavy atom. The fourth-order valence-corrected chi connectivity index (χ4v) is 5.52. The average Bonchev–Trinajstić information content (AvgIpc) is 3.27. The number of aliphatic carboxylic acids is 1. The summed E-state index contributed by atoms with van der Waals surface area (Å²) in [6.45, 7) is 3.73. The zero-order valence-corrected chi connectivity index (χ0v) is 24.2. The number of carbonyl (C=O) groups is 2. The standard InChI is InChI=1S/C32H46O9/c1-32(41-30-18-10-12-20-37-30,22-38-24-13-5-4-6-14-24)23-39-31-25(15-7-2-3-8-16-28(34)35)26(33)21-27(31)40-29-17-9-11-19-36-29/h2,4-7,13-14,25,27,29-31H,3,8-12,15-23H2,1H3,(H,34,35)/b7-2+. The molecular formula is C32H46O9. The van der Waals surface area contributed by atoms with Crippen molar-refractivity contribution in [3.8, 4) is 5.75 Å². The SMILES string of the molecule is CC(COc1ccccc1)(COC1C(OC2CCCCO2)CC(=O)C1C/C=C/CCCC(=O)O)OC1CCCCO1. The Labute approximate surface area is 243 Å². The smallest absolute Gasteiger partial charge is 0.303 e. The lowest BCUT2D eigenvalue weighted by Gasteiger charge is -2.37. The molecule has 6 atom stereocenters. The monoisotopic (exact) mass is 574 g/mol. The number of carboxylic acids is 1. The van der Waals surface area contributed by atoms with E-state index in [2.05, 4.69) is 0 Å². The lowest BCUT2D eigenvalue weighted by molar-refractivity contribution is -0.252. The van der Waals surface area contributed by atoms with Gasteiger partial charge in [-0.1, -0.05) is 30.4 Å². The molecule has 2 aliphatic heterocycles. The van der Waals surface area contributed by atoms with Gasteiger partial charge in [-0.25, -0.2) is 0 Å². The minimum Gasteiger partial charge on any atom is -0.491 e. The quantitative estimate of drug-likeness (QED) is 0.203. The average molecular weight is 575 g/mol. The highest BCUT2D eigenvalue weighted by molar-refractivity contribution is 5.85. The third-order valence-corrected chi connectivity index (χ3v) is 7.78. The molecule has 1 aromatic rings. The van der Waals surface area contributed by atoms with Crippen LogP contribution in [0.2, 0.25) is 0 Å². The summed E-state index contributed by atoms with van der Waals surface area (Å²) in [4.78, 5) is 24.0. The van der Waals surface area contributed by atoms with Crippen molar-refractivity contribution >= 4 is 11.8 Å². The van der Waals surface area contributed by atoms with Gasteiger partial charge in [-0.05, 0) is 76.8 Å². The summed E-state index contributed by atoms with van der Waals surface area (Å²) in [5.41, 5.74) is -0.827. The number of Topliss-reactive ketones (excluding diaryl/α,β-unsaturated/α-hetero) is 1. The van der Waals surface area contributed by atoms with Crippen molar-refractivity contribution < 1.29 is 43.1 Å². The van der Waals surface area contributed by atoms with E-state index in [9.17, 15) is 9.59 Å². The number of ketones is 1. The molecule has 0 bridgehead atoms. The number of carbonyl (C=O) groups excluding carboxylic acids is 1. The summed E-state index contributed by atoms with van der Waals surface area (Å²) >= 11 is 0. The van der Waals surface area contributed by atoms with E-state index in [0.29, 0.717) is 32.5 Å². The maximum Gasteiger partial charge on any atom is 0.303 e. The molecule has 1 saturated carbocycles. The number of allylic oxidation sites excluding steroid dienone is 2. The third kappa shape index (κ3) is 10.5. The van der Waals surface area contributed by atoms with Crippen LogP contribution >= 0.6 is 0 Å². The van der Waals surface area contributed by atoms with Crippen LogP contribution in [-0.4, -0.2) is 73.7 Å². The van der Waals surface area contributed by atoms with Gasteiger partial charge in [0.25, 0.3) is 0 Å². The second kappa shape index (κ2) is 16.4. The molecule has 1 N–H and O–H groups in total. The van der Waals surface area contributed by atoms with Crippen LogP contribution in [0.3, 0.4) is 0 Å². The number of hydrogen-bond acceptors (Lipinski definition) is 8. The number of para-hydroxylation sites is 1. The van der Waals surface area contributed by atoms with Gasteiger partial charge in [-0.15, -0.1) is 0 Å². The molecule has 0 radical (unpaired) electrons. The molecule has 228 valence electrons. The van der Waals surface area contributed by atoms with Crippen LogP contribution < -0.4 is 4.74 Å². The van der Waals surface area contributed by atoms with Gasteiger partial charge >= 0.3 is 5.97 Å². The molecular weight excluding hydrogens is 528 g/mol. The molecule has 3 aliphatic rings. The van der Waals surface area contributed by atoms with Crippen LogP contribution in [0.4, 0.5) is 0 Å². The van der Waals surface area contributed by atoms with E-state index in [1.54, 1.807) is 0 Å². The number of hydrogen-bond donors (Lipinski definition) is 1. The second-order valence-electron chi connectivity index (χ2n) is 11.5. The van der Waals surface area contributed by atoms with Crippen LogP contribution in [0.1, 0.15) is 77.6 Å². The normalized spacial score (nSPS) is 28.5. The Hall–Kier alpha value is -2.30. The van der Waals surface area contributed by atoms with E-state index in [1.807, 2.05) is 49.4 Å². The lowest BCUT2D eigenvalue weighted by atomic mass is 9.99. The van der Waals surface area contributed by atoms with Gasteiger partial charge in [-0.3, -0.25) is 9.59 Å². The van der Waals surface area contributed by atoms with Crippen molar-refractivity contribution in [2.24, 2.45) is 5.92 Å². The topological polar surface area (TPSA) is 110 Å². The zero-order valence-electron chi connectivity index (χ0n) is 24.2. The first-order chi connectivity index (χ1) is 19.9. The summed E-state index contributed by atoms with van der Waals surface area (Å²) in [5.74, 6) is -0.332. The summed E-state index contributed by atoms with van der Waals surface area (Å²) in [5, 5.41) is 8.87. The van der Waals surface area contributed by atoms with Gasteiger partial charge in [0.15, 0.2) is 12.6 Å². The van der Waals surface area contributed by atoms with Crippen LogP contribution in [0.15, 0.2) is 42.5 Å². The molecule has 2 saturated heterocycles. The van der Waals surface area contributed by atoms with E-state index >= 15 is 0 Å². The predicted molar refractivity (Wildman–Crippen MR) is 152 cm³/mol. The number of unbranched alkanes of at least 4 members (excludes halogenated alkanes) is 1. The highest BCUT2D eigenvalue weighted by Crippen LogP contribution is 2.34. The molecule has 0 aromatic heterocycles. The zero-order chi connectivity index (χ0) is 28.9. The van der Waals surface area contributed by atoms with Crippen molar-refractivity contribution in [3.05, 3.63) is 42.5 Å². The first-order valence-electron chi connectivity index (χ1n) is 15.2. The predicted octanol–water partition coefficient (Wildman–Crippen LogP) is 5.45. The van der Waals surface area contributed by atoms with Crippen molar-refractivity contribution in [1.82, 2.24) is 0 Å². The first kappa shape index (κ1) is 31.6. The maximum absolute atomic E-state index is 13.2. The van der Waals surface area contributed by atoms with Crippen molar-refractivity contribution in [3.63, 3.8) is 0 Å². The minimum atomic E-state index is -0.827. The molecule has 0 amide bonds. The molecule has 2 heterocycles. The molecule has 6 unspecified atom stereocenters. The van der Waals surface area contributed by atoms with E-state index in [1.165, 1.54) is 0 Å². The highest BCUT2D eigenvalue weighted by atomic mass is 16.7. The Kier molecular flexibility index (Phi) is 12.6. The molecule has 0 spiro atoms. The van der Waals surface area contributed by atoms with Crippen LogP contribution in [0.5, 0.6) is 5.75 Å². The molecule has 9 nitrogen and oxygen atoms in total. The summed E-state index contributed by atoms with van der Waals surface area (Å²) in [6, 6.07) is 9.60. The summed E-state index contributed by atoms with van der Waals surface area (Å²) in [6.07, 6.45) is 10.2. The summed E-state index contributed by atoms with van der Waals surface area (Å²) < 4.78 is 37.2. The maximum atomic E-state index is 13.2. The Morgan fingerprint density at radius 3 is 2.44 bits per heavy atom. The highest BCUT2D eigenvalue weighted by Gasteiger charge is 2.46. The third-order valence-electron chi connectivity index (χ3n) is 7.78. The molecule has 1 aliphatic carbocycles. The van der Waals surface area contributed by atoms with E-state index in [4.69, 9.17) is 33.5 Å². The Balaban J connectivity index is 1.44. The van der Waals surface area contributed by atoms with Crippen LogP contribution in [-0.2, 0) is 33.3 Å². The van der Waals surface area contributed by atoms with Gasteiger partial charge in [0.1, 0.15) is 23.7 Å². The second-order valence-corrected chi connectivity index (χ2v) is 11.5. The molecule has 3 fully saturated rings. The Bertz CT molecular complexity index is 955. The van der Waals surface area contributed by atoms with E-state index in [-0.39, 0.29) is 50.3 Å². The van der Waals surface area contributed by atoms with Gasteiger partial charge in [0.05, 0.1) is 24.7 Å². The molecule has 9 heteroatoms. The first-order valence-corrected chi connectivity index (χ1v) is 15.2.